The van der Waals surface area contributed by atoms with E-state index in [2.05, 4.69) is 21.3 Å². The van der Waals surface area contributed by atoms with E-state index in [0.717, 1.165) is 45.2 Å². The number of nitrogens with one attached hydrogen (secondary N) is 1. The number of hydrogen-bond acceptors (Lipinski definition) is 6. The Bertz CT molecular complexity index is 1160. The van der Waals surface area contributed by atoms with E-state index in [1.54, 1.807) is 12.1 Å². The second-order valence-electron chi connectivity index (χ2n) is 10.5. The number of nitrogens with zero attached hydrogens (tertiary/aromatic N) is 4. The number of carbonyl (C=O) groups is 1. The quantitative estimate of drug-likeness (QED) is 0.515. The van der Waals surface area contributed by atoms with Crippen LogP contribution in [0.15, 0.2) is 18.2 Å². The van der Waals surface area contributed by atoms with Crippen molar-refractivity contribution in [1.82, 2.24) is 15.3 Å². The molecule has 9 heteroatoms. The number of nitriles is 1. The van der Waals surface area contributed by atoms with Crippen LogP contribution in [0.25, 0.3) is 11.1 Å². The van der Waals surface area contributed by atoms with Crippen LogP contribution in [0.2, 0.25) is 10.0 Å². The zero-order chi connectivity index (χ0) is 25.4. The first-order valence-electron chi connectivity index (χ1n) is 12.0. The van der Waals surface area contributed by atoms with Crippen LogP contribution in [-0.2, 0) is 4.74 Å². The number of carbonyl (C=O) groups excluding carboxylic acids is 1. The van der Waals surface area contributed by atoms with Crippen LogP contribution in [-0.4, -0.2) is 40.8 Å². The van der Waals surface area contributed by atoms with E-state index < -0.39 is 5.60 Å². The summed E-state index contributed by atoms with van der Waals surface area (Å²) in [7, 11) is 0. The monoisotopic (exact) mass is 515 g/mol. The van der Waals surface area contributed by atoms with Crippen molar-refractivity contribution in [2.45, 2.75) is 71.4 Å². The van der Waals surface area contributed by atoms with Gasteiger partial charge in [0.05, 0.1) is 15.7 Å². The minimum Gasteiger partial charge on any atom is -0.444 e. The second kappa shape index (κ2) is 9.83. The lowest BCUT2D eigenvalue weighted by atomic mass is 9.74. The third-order valence-electron chi connectivity index (χ3n) is 7.04. The van der Waals surface area contributed by atoms with Gasteiger partial charge in [-0.1, -0.05) is 41.8 Å². The standard InChI is InChI=1S/C26H31Cl2N5O2/c1-16-21(17-7-5-8-18(27)22(17)28)19(15-29)31-23(30-16)33-13-11-26(12-14-33)10-6-9-20(26)32-24(34)35-25(2,3)4/h5,7-8,20H,6,9-14H2,1-4H3,(H,32,34)/t20-/m1/s1. The summed E-state index contributed by atoms with van der Waals surface area (Å²) in [5, 5.41) is 13.8. The molecule has 2 heterocycles. The number of anilines is 1. The Kier molecular flexibility index (Phi) is 7.17. The number of amides is 1. The highest BCUT2D eigenvalue weighted by Crippen LogP contribution is 2.47. The summed E-state index contributed by atoms with van der Waals surface area (Å²) in [5.74, 6) is 0.547. The van der Waals surface area contributed by atoms with Crippen molar-refractivity contribution in [3.63, 3.8) is 0 Å². The maximum atomic E-state index is 12.4. The summed E-state index contributed by atoms with van der Waals surface area (Å²) in [6.07, 6.45) is 4.61. The molecule has 35 heavy (non-hydrogen) atoms. The number of halogens is 2. The van der Waals surface area contributed by atoms with Crippen molar-refractivity contribution < 1.29 is 9.53 Å². The number of alkyl carbamates (subject to hydrolysis) is 1. The van der Waals surface area contributed by atoms with Crippen LogP contribution in [0.4, 0.5) is 10.7 Å². The van der Waals surface area contributed by atoms with Crippen LogP contribution in [0, 0.1) is 23.7 Å². The topological polar surface area (TPSA) is 91.1 Å². The normalized spacial score (nSPS) is 19.5. The van der Waals surface area contributed by atoms with Gasteiger partial charge >= 0.3 is 6.09 Å². The summed E-state index contributed by atoms with van der Waals surface area (Å²) in [6, 6.07) is 7.65. The Morgan fingerprint density at radius 2 is 1.94 bits per heavy atom. The van der Waals surface area contributed by atoms with Gasteiger partial charge in [-0.05, 0) is 64.9 Å². The van der Waals surface area contributed by atoms with Crippen LogP contribution in [0.5, 0.6) is 0 Å². The Morgan fingerprint density at radius 3 is 2.60 bits per heavy atom. The second-order valence-corrected chi connectivity index (χ2v) is 11.3. The van der Waals surface area contributed by atoms with Crippen LogP contribution in [0.3, 0.4) is 0 Å². The molecule has 0 bridgehead atoms. The fraction of sp³-hybridized carbons (Fsp3) is 0.538. The zero-order valence-electron chi connectivity index (χ0n) is 20.6. The van der Waals surface area contributed by atoms with Crippen molar-refractivity contribution in [1.29, 1.82) is 5.26 Å². The summed E-state index contributed by atoms with van der Waals surface area (Å²) in [4.78, 5) is 23.9. The Labute approximate surface area is 216 Å². The molecule has 1 saturated heterocycles. The number of piperidine rings is 1. The van der Waals surface area contributed by atoms with Crippen LogP contribution < -0.4 is 10.2 Å². The molecule has 1 spiro atoms. The first-order valence-corrected chi connectivity index (χ1v) is 12.8. The molecule has 186 valence electrons. The Hall–Kier alpha value is -2.56. The zero-order valence-corrected chi connectivity index (χ0v) is 22.1. The van der Waals surface area contributed by atoms with E-state index in [-0.39, 0.29) is 23.2 Å². The molecule has 1 N–H and O–H groups in total. The van der Waals surface area contributed by atoms with E-state index in [1.807, 2.05) is 33.8 Å². The van der Waals surface area contributed by atoms with Gasteiger partial charge < -0.3 is 15.0 Å². The third-order valence-corrected chi connectivity index (χ3v) is 7.86. The minimum atomic E-state index is -0.520. The highest BCUT2D eigenvalue weighted by atomic mass is 35.5. The SMILES string of the molecule is Cc1nc(N2CCC3(CCC[C@H]3NC(=O)OC(C)(C)C)CC2)nc(C#N)c1-c1cccc(Cl)c1Cl. The van der Waals surface area contributed by atoms with Crippen molar-refractivity contribution in [3.05, 3.63) is 39.6 Å². The van der Waals surface area contributed by atoms with Crippen molar-refractivity contribution in [2.24, 2.45) is 5.41 Å². The van der Waals surface area contributed by atoms with E-state index in [1.165, 1.54) is 0 Å². The van der Waals surface area contributed by atoms with Gasteiger partial charge in [0.1, 0.15) is 11.7 Å². The van der Waals surface area contributed by atoms with E-state index >= 15 is 0 Å². The molecule has 1 aromatic carbocycles. The summed E-state index contributed by atoms with van der Waals surface area (Å²) >= 11 is 12.6. The molecule has 2 aromatic rings. The number of ether oxygens (including phenoxy) is 1. The maximum absolute atomic E-state index is 12.4. The summed E-state index contributed by atoms with van der Waals surface area (Å²) in [5.41, 5.74) is 1.75. The lowest BCUT2D eigenvalue weighted by Gasteiger charge is -2.43. The van der Waals surface area contributed by atoms with Gasteiger partial charge in [-0.15, -0.1) is 0 Å². The molecule has 1 aromatic heterocycles. The molecule has 2 aliphatic rings. The first kappa shape index (κ1) is 25.5. The van der Waals surface area contributed by atoms with Gasteiger partial charge in [-0.2, -0.15) is 5.26 Å². The largest absolute Gasteiger partial charge is 0.444 e. The van der Waals surface area contributed by atoms with Gasteiger partial charge in [-0.3, -0.25) is 0 Å². The van der Waals surface area contributed by atoms with E-state index in [9.17, 15) is 10.1 Å². The fourth-order valence-electron chi connectivity index (χ4n) is 5.36. The predicted octanol–water partition coefficient (Wildman–Crippen LogP) is 6.29. The Morgan fingerprint density at radius 1 is 1.23 bits per heavy atom. The third kappa shape index (κ3) is 5.34. The van der Waals surface area contributed by atoms with E-state index in [4.69, 9.17) is 32.9 Å². The molecule has 0 radical (unpaired) electrons. The minimum absolute atomic E-state index is 0.0504. The average Bonchev–Trinajstić information content (AvgIpc) is 3.15. The maximum Gasteiger partial charge on any atom is 0.407 e. The highest BCUT2D eigenvalue weighted by Gasteiger charge is 2.46. The molecule has 1 amide bonds. The van der Waals surface area contributed by atoms with Crippen LogP contribution >= 0.6 is 23.2 Å². The van der Waals surface area contributed by atoms with Crippen LogP contribution in [0.1, 0.15) is 64.3 Å². The smallest absolute Gasteiger partial charge is 0.407 e. The molecule has 4 rings (SSSR count). The van der Waals surface area contributed by atoms with Crippen molar-refractivity contribution in [2.75, 3.05) is 18.0 Å². The molecule has 7 nitrogen and oxygen atoms in total. The van der Waals surface area contributed by atoms with Crippen molar-refractivity contribution in [3.8, 4) is 17.2 Å². The molecular formula is C26H31Cl2N5O2. The molecule has 1 atom stereocenters. The number of rotatable bonds is 3. The van der Waals surface area contributed by atoms with Gasteiger partial charge in [0.25, 0.3) is 0 Å². The molecule has 1 aliphatic heterocycles. The molecule has 1 saturated carbocycles. The number of aromatic nitrogens is 2. The average molecular weight is 516 g/mol. The highest BCUT2D eigenvalue weighted by molar-refractivity contribution is 6.43. The lowest BCUT2D eigenvalue weighted by Crippen LogP contribution is -2.51. The van der Waals surface area contributed by atoms with Gasteiger partial charge in [0, 0.05) is 30.3 Å². The summed E-state index contributed by atoms with van der Waals surface area (Å²) < 4.78 is 5.50. The first-order chi connectivity index (χ1) is 16.5. The molecule has 0 unspecified atom stereocenters. The van der Waals surface area contributed by atoms with Gasteiger partial charge in [0.15, 0.2) is 5.69 Å². The molecule has 1 aliphatic carbocycles. The number of benzene rings is 1. The summed E-state index contributed by atoms with van der Waals surface area (Å²) in [6.45, 7) is 9.00. The van der Waals surface area contributed by atoms with E-state index in [0.29, 0.717) is 32.8 Å². The fourth-order valence-corrected chi connectivity index (χ4v) is 5.76. The Balaban J connectivity index is 1.52. The number of aryl methyl sites for hydroxylation is 1. The predicted molar refractivity (Wildman–Crippen MR) is 138 cm³/mol. The molecular weight excluding hydrogens is 485 g/mol. The molecule has 2 fully saturated rings. The van der Waals surface area contributed by atoms with Gasteiger partial charge in [0.2, 0.25) is 5.95 Å². The van der Waals surface area contributed by atoms with Crippen molar-refractivity contribution >= 4 is 35.2 Å². The number of hydrogen-bond donors (Lipinski definition) is 1. The van der Waals surface area contributed by atoms with Gasteiger partial charge in [-0.25, -0.2) is 14.8 Å². The lowest BCUT2D eigenvalue weighted by molar-refractivity contribution is 0.0442.